The van der Waals surface area contributed by atoms with E-state index in [1.165, 1.54) is 33.5 Å². The lowest BCUT2D eigenvalue weighted by Crippen LogP contribution is -2.10. The third kappa shape index (κ3) is 2.87. The number of rotatable bonds is 3. The molecule has 1 nitrogen and oxygen atoms in total. The summed E-state index contributed by atoms with van der Waals surface area (Å²) in [4.78, 5) is 0. The summed E-state index contributed by atoms with van der Waals surface area (Å²) in [6, 6.07) is 8.41. The minimum atomic E-state index is 0.825. The summed E-state index contributed by atoms with van der Waals surface area (Å²) in [6.07, 6.45) is 16.8. The number of nitrogens with one attached hydrogen (secondary N) is 1. The van der Waals surface area contributed by atoms with E-state index in [-0.39, 0.29) is 0 Å². The summed E-state index contributed by atoms with van der Waals surface area (Å²) in [6.45, 7) is 9.67. The van der Waals surface area contributed by atoms with Crippen LogP contribution < -0.4 is 5.32 Å². The molecule has 1 aliphatic heterocycles. The predicted octanol–water partition coefficient (Wildman–Crippen LogP) is 6.14. The van der Waals surface area contributed by atoms with Crippen molar-refractivity contribution >= 4 is 11.3 Å². The predicted molar refractivity (Wildman–Crippen MR) is 108 cm³/mol. The number of hydrogen-bond acceptors (Lipinski definition) is 1. The Hall–Kier alpha value is -2.80. The molecule has 0 amide bonds. The first-order valence-corrected chi connectivity index (χ1v) is 8.95. The molecule has 1 heterocycles. The minimum Gasteiger partial charge on any atom is -0.381 e. The van der Waals surface area contributed by atoms with Gasteiger partial charge in [0.1, 0.15) is 0 Å². The van der Waals surface area contributed by atoms with Crippen LogP contribution in [0.15, 0.2) is 102 Å². The van der Waals surface area contributed by atoms with Gasteiger partial charge in [-0.05, 0) is 58.8 Å². The average Bonchev–Trinajstić information content (AvgIpc) is 2.89. The number of para-hydroxylation sites is 1. The first-order chi connectivity index (χ1) is 12.3. The van der Waals surface area contributed by atoms with Crippen LogP contribution in [-0.2, 0) is 0 Å². The van der Waals surface area contributed by atoms with Gasteiger partial charge in [-0.2, -0.15) is 0 Å². The zero-order chi connectivity index (χ0) is 17.2. The van der Waals surface area contributed by atoms with Crippen LogP contribution in [0.25, 0.3) is 5.57 Å². The Morgan fingerprint density at radius 3 is 2.76 bits per heavy atom. The second-order valence-corrected chi connectivity index (χ2v) is 6.64. The van der Waals surface area contributed by atoms with Crippen molar-refractivity contribution in [2.45, 2.75) is 19.3 Å². The van der Waals surface area contributed by atoms with E-state index in [0.717, 1.165) is 37.0 Å². The maximum Gasteiger partial charge on any atom is 0.0422 e. The summed E-state index contributed by atoms with van der Waals surface area (Å²) >= 11 is 0. The zero-order valence-corrected chi connectivity index (χ0v) is 14.5. The Morgan fingerprint density at radius 1 is 0.960 bits per heavy atom. The Kier molecular flexibility index (Phi) is 4.15. The minimum absolute atomic E-state index is 0.825. The van der Waals surface area contributed by atoms with Gasteiger partial charge in [-0.3, -0.25) is 0 Å². The van der Waals surface area contributed by atoms with E-state index >= 15 is 0 Å². The first kappa shape index (κ1) is 15.7. The van der Waals surface area contributed by atoms with Crippen molar-refractivity contribution < 1.29 is 0 Å². The molecule has 25 heavy (non-hydrogen) atoms. The molecule has 124 valence electrons. The lowest BCUT2D eigenvalue weighted by Gasteiger charge is -2.24. The molecule has 4 rings (SSSR count). The molecule has 0 saturated heterocycles. The van der Waals surface area contributed by atoms with Crippen LogP contribution in [0.1, 0.15) is 24.8 Å². The molecule has 1 aromatic carbocycles. The molecule has 0 fully saturated rings. The van der Waals surface area contributed by atoms with E-state index in [9.17, 15) is 0 Å². The summed E-state index contributed by atoms with van der Waals surface area (Å²) < 4.78 is 0. The molecule has 3 aliphatic rings. The molecular formula is C24H23N. The Morgan fingerprint density at radius 2 is 1.84 bits per heavy atom. The van der Waals surface area contributed by atoms with Gasteiger partial charge in [0, 0.05) is 17.8 Å². The fraction of sp³-hybridized carbons (Fsp3) is 0.167. The molecule has 1 N–H and O–H groups in total. The highest BCUT2D eigenvalue weighted by atomic mass is 14.9. The van der Waals surface area contributed by atoms with Crippen molar-refractivity contribution in [2.75, 3.05) is 11.9 Å². The Bertz CT molecular complexity index is 900. The Labute approximate surface area is 150 Å². The molecule has 0 unspecified atom stereocenters. The summed E-state index contributed by atoms with van der Waals surface area (Å²) in [5.41, 5.74) is 9.57. The topological polar surface area (TPSA) is 12.0 Å². The first-order valence-electron chi connectivity index (χ1n) is 8.95. The van der Waals surface area contributed by atoms with Crippen molar-refractivity contribution in [3.8, 4) is 0 Å². The highest BCUT2D eigenvalue weighted by molar-refractivity contribution is 5.92. The van der Waals surface area contributed by atoms with Crippen molar-refractivity contribution in [1.82, 2.24) is 0 Å². The van der Waals surface area contributed by atoms with Gasteiger partial charge in [-0.25, -0.2) is 0 Å². The smallest absolute Gasteiger partial charge is 0.0422 e. The van der Waals surface area contributed by atoms with E-state index in [1.54, 1.807) is 0 Å². The van der Waals surface area contributed by atoms with E-state index in [1.807, 2.05) is 0 Å². The molecule has 1 heteroatoms. The fourth-order valence-electron chi connectivity index (χ4n) is 3.76. The zero-order valence-electron chi connectivity index (χ0n) is 14.5. The lowest BCUT2D eigenvalue weighted by molar-refractivity contribution is 0.958. The summed E-state index contributed by atoms with van der Waals surface area (Å²) in [5, 5.41) is 3.43. The molecule has 0 atom stereocenters. The van der Waals surface area contributed by atoms with Crippen molar-refractivity contribution in [3.05, 3.63) is 107 Å². The number of benzene rings is 1. The van der Waals surface area contributed by atoms with Crippen molar-refractivity contribution in [1.29, 1.82) is 0 Å². The van der Waals surface area contributed by atoms with Crippen LogP contribution in [0.4, 0.5) is 5.69 Å². The molecule has 1 aromatic rings. The Balaban J connectivity index is 1.74. The van der Waals surface area contributed by atoms with E-state index in [2.05, 4.69) is 79.2 Å². The van der Waals surface area contributed by atoms with Gasteiger partial charge in [-0.15, -0.1) is 0 Å². The van der Waals surface area contributed by atoms with E-state index in [4.69, 9.17) is 0 Å². The highest BCUT2D eigenvalue weighted by Crippen LogP contribution is 2.39. The molecule has 0 spiro atoms. The van der Waals surface area contributed by atoms with Gasteiger partial charge in [-0.1, -0.05) is 67.8 Å². The standard InChI is InChI=1S/C24H23N/c1-17(20-11-5-3-9-19-10-4-6-12-22(19)20)18(2)21-15-16-25-24-14-8-7-13-23(21)24/h5-9,11-15,25H,1-4,10,16H2. The lowest BCUT2D eigenvalue weighted by atomic mass is 9.83. The van der Waals surface area contributed by atoms with Gasteiger partial charge < -0.3 is 5.32 Å². The van der Waals surface area contributed by atoms with Crippen LogP contribution in [0, 0.1) is 0 Å². The number of anilines is 1. The van der Waals surface area contributed by atoms with Gasteiger partial charge in [0.05, 0.1) is 0 Å². The van der Waals surface area contributed by atoms with Crippen molar-refractivity contribution in [3.63, 3.8) is 0 Å². The second kappa shape index (κ2) is 6.60. The van der Waals surface area contributed by atoms with Crippen LogP contribution in [0.3, 0.4) is 0 Å². The maximum atomic E-state index is 4.43. The molecule has 0 saturated carbocycles. The van der Waals surface area contributed by atoms with Crippen molar-refractivity contribution in [2.24, 2.45) is 0 Å². The number of allylic oxidation sites excluding steroid dienone is 11. The highest BCUT2D eigenvalue weighted by Gasteiger charge is 2.20. The van der Waals surface area contributed by atoms with Crippen LogP contribution in [0.5, 0.6) is 0 Å². The average molecular weight is 325 g/mol. The molecule has 0 aromatic heterocycles. The summed E-state index contributed by atoms with van der Waals surface area (Å²) in [5.74, 6) is 0. The normalized spacial score (nSPS) is 18.4. The molecular weight excluding hydrogens is 302 g/mol. The van der Waals surface area contributed by atoms with E-state index < -0.39 is 0 Å². The largest absolute Gasteiger partial charge is 0.381 e. The van der Waals surface area contributed by atoms with Crippen LogP contribution in [-0.4, -0.2) is 6.54 Å². The number of hydrogen-bond donors (Lipinski definition) is 1. The second-order valence-electron chi connectivity index (χ2n) is 6.64. The third-order valence-corrected chi connectivity index (χ3v) is 5.12. The maximum absolute atomic E-state index is 4.43. The van der Waals surface area contributed by atoms with Crippen LogP contribution >= 0.6 is 0 Å². The molecule has 0 bridgehead atoms. The van der Waals surface area contributed by atoms with Crippen LogP contribution in [0.2, 0.25) is 0 Å². The third-order valence-electron chi connectivity index (χ3n) is 5.12. The summed E-state index contributed by atoms with van der Waals surface area (Å²) in [7, 11) is 0. The monoisotopic (exact) mass is 325 g/mol. The molecule has 0 radical (unpaired) electrons. The SMILES string of the molecule is C=C(C(=C)C1=C2C=CCCC2=CCC=C1)C1=CCNc2ccccc21. The molecule has 2 aliphatic carbocycles. The fourth-order valence-corrected chi connectivity index (χ4v) is 3.76. The quantitative estimate of drug-likeness (QED) is 0.658. The van der Waals surface area contributed by atoms with Gasteiger partial charge >= 0.3 is 0 Å². The van der Waals surface area contributed by atoms with Gasteiger partial charge in [0.15, 0.2) is 0 Å². The van der Waals surface area contributed by atoms with Gasteiger partial charge in [0.2, 0.25) is 0 Å². The number of fused-ring (bicyclic) bond motifs is 2. The van der Waals surface area contributed by atoms with Gasteiger partial charge in [0.25, 0.3) is 0 Å². The van der Waals surface area contributed by atoms with E-state index in [0.29, 0.717) is 0 Å².